The number of hydrogen-bond acceptors (Lipinski definition) is 0. The molecule has 0 aromatic carbocycles. The molecule has 0 atom stereocenters. The Bertz CT molecular complexity index is 112. The van der Waals surface area contributed by atoms with Gasteiger partial charge in [0.15, 0.2) is 0 Å². The molecule has 0 aromatic heterocycles. The third kappa shape index (κ3) is 1.66. The van der Waals surface area contributed by atoms with E-state index >= 15 is 0 Å². The van der Waals surface area contributed by atoms with Gasteiger partial charge in [-0.15, -0.1) is 13.2 Å². The van der Waals surface area contributed by atoms with E-state index in [-0.39, 0.29) is 5.41 Å². The van der Waals surface area contributed by atoms with Crippen LogP contribution in [0.3, 0.4) is 0 Å². The summed E-state index contributed by atoms with van der Waals surface area (Å²) in [6.45, 7) is 11.9. The first kappa shape index (κ1) is 7.70. The van der Waals surface area contributed by atoms with E-state index in [1.807, 2.05) is 6.08 Å². The molecule has 1 heteroatoms. The largest absolute Gasteiger partial charge is 0.104 e. The van der Waals surface area contributed by atoms with Crippen LogP contribution in [0.5, 0.6) is 0 Å². The zero-order chi connectivity index (χ0) is 6.78. The van der Waals surface area contributed by atoms with Gasteiger partial charge in [0.2, 0.25) is 0 Å². The van der Waals surface area contributed by atoms with Gasteiger partial charge in [0.25, 0.3) is 0 Å². The Labute approximate surface area is 54.7 Å². The van der Waals surface area contributed by atoms with Crippen molar-refractivity contribution in [3.05, 3.63) is 24.4 Å². The molecule has 0 nitrogen and oxygen atoms in total. The Morgan fingerprint density at radius 1 is 1.62 bits per heavy atom. The molecule has 0 unspecified atom stereocenters. The third-order valence-corrected chi connectivity index (χ3v) is 2.90. The quantitative estimate of drug-likeness (QED) is 0.383. The molecule has 0 aliphatic heterocycles. The van der Waals surface area contributed by atoms with E-state index < -0.39 is 0 Å². The summed E-state index contributed by atoms with van der Waals surface area (Å²) in [7, 11) is 1.07. The van der Waals surface area contributed by atoms with Crippen molar-refractivity contribution in [2.45, 2.75) is 13.8 Å². The molecule has 0 fully saturated rings. The molecular formula is C7H14Si. The molecule has 0 N–H and O–H groups in total. The van der Waals surface area contributed by atoms with E-state index in [0.717, 1.165) is 10.2 Å². The summed E-state index contributed by atoms with van der Waals surface area (Å²) in [4.78, 5) is 0. The second kappa shape index (κ2) is 2.31. The van der Waals surface area contributed by atoms with Crippen LogP contribution in [-0.2, 0) is 0 Å². The lowest BCUT2D eigenvalue weighted by atomic mass is 9.94. The van der Waals surface area contributed by atoms with Crippen molar-refractivity contribution < 1.29 is 0 Å². The average Bonchev–Trinajstić information content (AvgIpc) is 1.67. The van der Waals surface area contributed by atoms with Gasteiger partial charge in [0.1, 0.15) is 0 Å². The maximum atomic E-state index is 3.89. The molecule has 0 aliphatic rings. The predicted octanol–water partition coefficient (Wildman–Crippen LogP) is 1.08. The minimum Gasteiger partial charge on any atom is -0.104 e. The van der Waals surface area contributed by atoms with Gasteiger partial charge in [-0.25, -0.2) is 0 Å². The summed E-state index contributed by atoms with van der Waals surface area (Å²) in [6, 6.07) is 0. The van der Waals surface area contributed by atoms with Gasteiger partial charge < -0.3 is 0 Å². The first-order chi connectivity index (χ1) is 3.50. The highest BCUT2D eigenvalue weighted by Crippen LogP contribution is 2.22. The van der Waals surface area contributed by atoms with Crippen LogP contribution in [0.15, 0.2) is 24.4 Å². The molecule has 0 amide bonds. The fraction of sp³-hybridized carbons (Fsp3) is 0.429. The zero-order valence-electron chi connectivity index (χ0n) is 5.99. The molecule has 0 radical (unpaired) electrons. The zero-order valence-corrected chi connectivity index (χ0v) is 7.99. The molecule has 0 heterocycles. The molecule has 0 rings (SSSR count). The second-order valence-corrected chi connectivity index (χ2v) is 3.91. The Balaban J connectivity index is 4.12. The van der Waals surface area contributed by atoms with Crippen molar-refractivity contribution in [2.24, 2.45) is 5.41 Å². The van der Waals surface area contributed by atoms with Gasteiger partial charge in [-0.2, -0.15) is 0 Å². The van der Waals surface area contributed by atoms with Crippen LogP contribution in [0.4, 0.5) is 0 Å². The van der Waals surface area contributed by atoms with E-state index in [1.165, 1.54) is 5.20 Å². The lowest BCUT2D eigenvalue weighted by molar-refractivity contribution is 0.614. The number of allylic oxidation sites excluding steroid dienone is 2. The smallest absolute Gasteiger partial charge is 0.0336 e. The van der Waals surface area contributed by atoms with Crippen molar-refractivity contribution in [1.82, 2.24) is 0 Å². The summed E-state index contributed by atoms with van der Waals surface area (Å²) in [5.41, 5.74) is 0.173. The molecule has 0 saturated carbocycles. The van der Waals surface area contributed by atoms with Crippen LogP contribution in [0.25, 0.3) is 0 Å². The van der Waals surface area contributed by atoms with Gasteiger partial charge in [0.05, 0.1) is 0 Å². The Kier molecular flexibility index (Phi) is 2.22. The number of rotatable bonds is 2. The highest BCUT2D eigenvalue weighted by Gasteiger charge is 2.11. The van der Waals surface area contributed by atoms with Crippen LogP contribution in [-0.4, -0.2) is 10.2 Å². The van der Waals surface area contributed by atoms with E-state index in [2.05, 4.69) is 27.0 Å². The fourth-order valence-electron chi connectivity index (χ4n) is 0.174. The summed E-state index contributed by atoms with van der Waals surface area (Å²) in [5, 5.41) is 1.30. The molecule has 0 aliphatic carbocycles. The summed E-state index contributed by atoms with van der Waals surface area (Å²) < 4.78 is 0. The van der Waals surface area contributed by atoms with Gasteiger partial charge in [-0.3, -0.25) is 0 Å². The molecular weight excluding hydrogens is 112 g/mol. The van der Waals surface area contributed by atoms with Crippen molar-refractivity contribution in [2.75, 3.05) is 0 Å². The monoisotopic (exact) mass is 126 g/mol. The minimum absolute atomic E-state index is 0.173. The summed E-state index contributed by atoms with van der Waals surface area (Å²) in [6.07, 6.45) is 1.95. The van der Waals surface area contributed by atoms with Crippen molar-refractivity contribution in [1.29, 1.82) is 0 Å². The van der Waals surface area contributed by atoms with Crippen LogP contribution in [0, 0.1) is 5.41 Å². The van der Waals surface area contributed by atoms with E-state index in [4.69, 9.17) is 0 Å². The van der Waals surface area contributed by atoms with Crippen LogP contribution >= 0.6 is 0 Å². The van der Waals surface area contributed by atoms with Gasteiger partial charge in [-0.05, 0) is 5.41 Å². The Morgan fingerprint density at radius 2 is 2.00 bits per heavy atom. The normalized spacial score (nSPS) is 11.2. The van der Waals surface area contributed by atoms with E-state index in [1.54, 1.807) is 0 Å². The van der Waals surface area contributed by atoms with Gasteiger partial charge in [0, 0.05) is 10.2 Å². The van der Waals surface area contributed by atoms with E-state index in [9.17, 15) is 0 Å². The minimum atomic E-state index is 0.173. The fourth-order valence-corrected chi connectivity index (χ4v) is 0.378. The topological polar surface area (TPSA) is 0 Å². The summed E-state index contributed by atoms with van der Waals surface area (Å²) in [5.74, 6) is 0. The maximum Gasteiger partial charge on any atom is 0.0336 e. The first-order valence-corrected chi connectivity index (χ1v) is 3.80. The second-order valence-electron chi connectivity index (χ2n) is 2.71. The van der Waals surface area contributed by atoms with Crippen LogP contribution < -0.4 is 0 Å². The van der Waals surface area contributed by atoms with Gasteiger partial charge in [-0.1, -0.05) is 25.1 Å². The standard InChI is InChI=1S/C7H14Si/c1-5-7(3,4)6(2)8/h5H,1-2H2,3-4,8H3. The van der Waals surface area contributed by atoms with Gasteiger partial charge >= 0.3 is 0 Å². The molecule has 0 bridgehead atoms. The molecule has 46 valence electrons. The molecule has 0 saturated heterocycles. The number of hydrogen-bond donors (Lipinski definition) is 0. The van der Waals surface area contributed by atoms with Crippen molar-refractivity contribution in [3.63, 3.8) is 0 Å². The Morgan fingerprint density at radius 3 is 2.00 bits per heavy atom. The lowest BCUT2D eigenvalue weighted by Gasteiger charge is -2.19. The average molecular weight is 126 g/mol. The first-order valence-electron chi connectivity index (χ1n) is 2.80. The Hall–Kier alpha value is -0.303. The maximum absolute atomic E-state index is 3.89. The highest BCUT2D eigenvalue weighted by atomic mass is 28.1. The third-order valence-electron chi connectivity index (χ3n) is 1.61. The van der Waals surface area contributed by atoms with Crippen molar-refractivity contribution in [3.8, 4) is 0 Å². The summed E-state index contributed by atoms with van der Waals surface area (Å²) >= 11 is 0. The van der Waals surface area contributed by atoms with Crippen LogP contribution in [0.2, 0.25) is 0 Å². The van der Waals surface area contributed by atoms with Crippen LogP contribution in [0.1, 0.15) is 13.8 Å². The molecule has 0 spiro atoms. The highest BCUT2D eigenvalue weighted by molar-refractivity contribution is 6.22. The predicted molar refractivity (Wildman–Crippen MR) is 43.1 cm³/mol. The molecule has 0 aromatic rings. The SMILES string of the molecule is C=CC(C)(C)C(=C)[SiH3]. The van der Waals surface area contributed by atoms with E-state index in [0.29, 0.717) is 0 Å². The molecule has 8 heavy (non-hydrogen) atoms. The lowest BCUT2D eigenvalue weighted by Crippen LogP contribution is -2.09. The van der Waals surface area contributed by atoms with Crippen molar-refractivity contribution >= 4 is 10.2 Å².